The Morgan fingerprint density at radius 2 is 2.47 bits per heavy atom. The molecule has 98 valence electrons. The van der Waals surface area contributed by atoms with E-state index in [2.05, 4.69) is 22.6 Å². The van der Waals surface area contributed by atoms with Gasteiger partial charge in [-0.05, 0) is 26.4 Å². The molecular weight excluding hydrogens is 218 g/mol. The third-order valence-electron chi connectivity index (χ3n) is 3.42. The molecule has 0 spiro atoms. The summed E-state index contributed by atoms with van der Waals surface area (Å²) in [5, 5.41) is 6.42. The van der Waals surface area contributed by atoms with Crippen molar-refractivity contribution in [2.24, 2.45) is 0 Å². The Hall–Kier alpha value is -0.650. The summed E-state index contributed by atoms with van der Waals surface area (Å²) < 4.78 is 5.34. The summed E-state index contributed by atoms with van der Waals surface area (Å²) in [5.41, 5.74) is 0. The maximum absolute atomic E-state index is 11.9. The van der Waals surface area contributed by atoms with Gasteiger partial charge in [-0.15, -0.1) is 0 Å². The van der Waals surface area contributed by atoms with E-state index in [4.69, 9.17) is 4.74 Å². The van der Waals surface area contributed by atoms with Gasteiger partial charge in [-0.1, -0.05) is 0 Å². The van der Waals surface area contributed by atoms with Crippen molar-refractivity contribution in [3.8, 4) is 0 Å². The first-order valence-electron chi connectivity index (χ1n) is 6.53. The van der Waals surface area contributed by atoms with Crippen LogP contribution in [-0.2, 0) is 9.53 Å². The van der Waals surface area contributed by atoms with E-state index in [0.29, 0.717) is 19.1 Å². The van der Waals surface area contributed by atoms with E-state index in [1.54, 1.807) is 0 Å². The summed E-state index contributed by atoms with van der Waals surface area (Å²) in [6, 6.07) is 0.510. The highest BCUT2D eigenvalue weighted by Gasteiger charge is 2.21. The van der Waals surface area contributed by atoms with Crippen molar-refractivity contribution in [1.29, 1.82) is 0 Å². The van der Waals surface area contributed by atoms with Gasteiger partial charge in [0.15, 0.2) is 0 Å². The number of rotatable bonds is 3. The lowest BCUT2D eigenvalue weighted by Crippen LogP contribution is -2.49. The Labute approximate surface area is 103 Å². The van der Waals surface area contributed by atoms with Gasteiger partial charge < -0.3 is 20.3 Å². The van der Waals surface area contributed by atoms with Gasteiger partial charge in [-0.25, -0.2) is 0 Å². The molecule has 17 heavy (non-hydrogen) atoms. The number of likely N-dealkylation sites (tertiary alicyclic amines) is 1. The van der Waals surface area contributed by atoms with E-state index in [1.165, 1.54) is 6.42 Å². The fraction of sp³-hybridized carbons (Fsp3) is 0.917. The molecule has 0 aromatic heterocycles. The van der Waals surface area contributed by atoms with Crippen molar-refractivity contribution in [2.75, 3.05) is 39.9 Å². The van der Waals surface area contributed by atoms with Crippen molar-refractivity contribution in [3.05, 3.63) is 0 Å². The minimum atomic E-state index is 0.147. The highest BCUT2D eigenvalue weighted by molar-refractivity contribution is 5.77. The Balaban J connectivity index is 1.68. The number of nitrogens with zero attached hydrogens (tertiary/aromatic N) is 1. The molecule has 0 bridgehead atoms. The van der Waals surface area contributed by atoms with E-state index in [0.717, 1.165) is 32.7 Å². The lowest BCUT2D eigenvalue weighted by Gasteiger charge is -2.31. The van der Waals surface area contributed by atoms with Crippen LogP contribution in [-0.4, -0.2) is 62.8 Å². The molecule has 0 radical (unpaired) electrons. The molecule has 2 fully saturated rings. The lowest BCUT2D eigenvalue weighted by atomic mass is 10.1. The normalized spacial score (nSPS) is 31.1. The van der Waals surface area contributed by atoms with Crippen molar-refractivity contribution < 1.29 is 9.53 Å². The molecule has 0 aromatic rings. The number of morpholine rings is 1. The average molecular weight is 241 g/mol. The van der Waals surface area contributed by atoms with Gasteiger partial charge in [-0.2, -0.15) is 0 Å². The molecule has 0 saturated carbocycles. The third-order valence-corrected chi connectivity index (χ3v) is 3.42. The minimum Gasteiger partial charge on any atom is -0.378 e. The van der Waals surface area contributed by atoms with Crippen LogP contribution in [0.15, 0.2) is 0 Å². The fourth-order valence-electron chi connectivity index (χ4n) is 2.55. The van der Waals surface area contributed by atoms with Crippen LogP contribution in [0.5, 0.6) is 0 Å². The molecule has 1 amide bonds. The highest BCUT2D eigenvalue weighted by Crippen LogP contribution is 2.08. The topological polar surface area (TPSA) is 53.6 Å². The molecule has 2 N–H and O–H groups in total. The van der Waals surface area contributed by atoms with Gasteiger partial charge in [0.2, 0.25) is 5.91 Å². The smallest absolute Gasteiger partial charge is 0.221 e. The fourth-order valence-corrected chi connectivity index (χ4v) is 2.55. The molecule has 2 aliphatic rings. The second-order valence-corrected chi connectivity index (χ2v) is 5.10. The first kappa shape index (κ1) is 12.8. The number of hydrogen-bond donors (Lipinski definition) is 2. The molecule has 2 aliphatic heterocycles. The number of likely N-dealkylation sites (N-methyl/N-ethyl adjacent to an activating group) is 1. The summed E-state index contributed by atoms with van der Waals surface area (Å²) in [6.45, 7) is 4.37. The Morgan fingerprint density at radius 1 is 1.59 bits per heavy atom. The van der Waals surface area contributed by atoms with Crippen LogP contribution in [0.3, 0.4) is 0 Å². The summed E-state index contributed by atoms with van der Waals surface area (Å²) in [7, 11) is 2.11. The van der Waals surface area contributed by atoms with Crippen molar-refractivity contribution >= 4 is 5.91 Å². The molecule has 2 rings (SSSR count). The predicted octanol–water partition coefficient (Wildman–Crippen LogP) is -0.425. The quantitative estimate of drug-likeness (QED) is 0.704. The number of nitrogens with one attached hydrogen (secondary N) is 2. The zero-order chi connectivity index (χ0) is 12.1. The van der Waals surface area contributed by atoms with Crippen molar-refractivity contribution in [1.82, 2.24) is 15.5 Å². The van der Waals surface area contributed by atoms with Crippen LogP contribution in [0.25, 0.3) is 0 Å². The van der Waals surface area contributed by atoms with Crippen LogP contribution in [0.2, 0.25) is 0 Å². The second kappa shape index (κ2) is 6.33. The van der Waals surface area contributed by atoms with Gasteiger partial charge in [0.05, 0.1) is 13.2 Å². The SMILES string of the molecule is CN1CCCC(NC(=O)CC2COCCN2)C1. The summed E-state index contributed by atoms with van der Waals surface area (Å²) in [5.74, 6) is 0.147. The van der Waals surface area contributed by atoms with E-state index in [-0.39, 0.29) is 11.9 Å². The van der Waals surface area contributed by atoms with E-state index < -0.39 is 0 Å². The number of piperidine rings is 1. The predicted molar refractivity (Wildman–Crippen MR) is 65.9 cm³/mol. The number of carbonyl (C=O) groups is 1. The molecule has 2 saturated heterocycles. The summed E-state index contributed by atoms with van der Waals surface area (Å²) in [4.78, 5) is 14.1. The number of amides is 1. The molecule has 2 heterocycles. The highest BCUT2D eigenvalue weighted by atomic mass is 16.5. The summed E-state index contributed by atoms with van der Waals surface area (Å²) in [6.07, 6.45) is 2.80. The molecule has 2 atom stereocenters. The van der Waals surface area contributed by atoms with E-state index >= 15 is 0 Å². The first-order chi connectivity index (χ1) is 8.24. The average Bonchev–Trinajstić information content (AvgIpc) is 2.30. The zero-order valence-corrected chi connectivity index (χ0v) is 10.6. The Morgan fingerprint density at radius 3 is 3.18 bits per heavy atom. The van der Waals surface area contributed by atoms with Crippen molar-refractivity contribution in [2.45, 2.75) is 31.3 Å². The van der Waals surface area contributed by atoms with Crippen LogP contribution < -0.4 is 10.6 Å². The van der Waals surface area contributed by atoms with Crippen molar-refractivity contribution in [3.63, 3.8) is 0 Å². The first-order valence-corrected chi connectivity index (χ1v) is 6.53. The molecule has 0 aliphatic carbocycles. The minimum absolute atomic E-state index is 0.147. The van der Waals surface area contributed by atoms with Gasteiger partial charge in [0, 0.05) is 31.6 Å². The van der Waals surface area contributed by atoms with Crippen LogP contribution in [0.4, 0.5) is 0 Å². The maximum atomic E-state index is 11.9. The standard InChI is InChI=1S/C12H23N3O2/c1-15-5-2-3-10(8-15)14-12(16)7-11-9-17-6-4-13-11/h10-11,13H,2-9H2,1H3,(H,14,16). The largest absolute Gasteiger partial charge is 0.378 e. The third kappa shape index (κ3) is 4.26. The van der Waals surface area contributed by atoms with Gasteiger partial charge in [0.25, 0.3) is 0 Å². The van der Waals surface area contributed by atoms with Gasteiger partial charge >= 0.3 is 0 Å². The summed E-state index contributed by atoms with van der Waals surface area (Å²) >= 11 is 0. The van der Waals surface area contributed by atoms with E-state index in [1.807, 2.05) is 0 Å². The number of ether oxygens (including phenoxy) is 1. The molecule has 0 aromatic carbocycles. The van der Waals surface area contributed by atoms with Crippen LogP contribution >= 0.6 is 0 Å². The zero-order valence-electron chi connectivity index (χ0n) is 10.6. The van der Waals surface area contributed by atoms with Crippen LogP contribution in [0, 0.1) is 0 Å². The second-order valence-electron chi connectivity index (χ2n) is 5.10. The molecule has 5 heteroatoms. The van der Waals surface area contributed by atoms with Gasteiger partial charge in [0.1, 0.15) is 0 Å². The molecule has 5 nitrogen and oxygen atoms in total. The van der Waals surface area contributed by atoms with E-state index in [9.17, 15) is 4.79 Å². The molecular formula is C12H23N3O2. The molecule has 2 unspecified atom stereocenters. The Bertz CT molecular complexity index is 254. The monoisotopic (exact) mass is 241 g/mol. The number of hydrogen-bond acceptors (Lipinski definition) is 4. The van der Waals surface area contributed by atoms with Gasteiger partial charge in [-0.3, -0.25) is 4.79 Å². The van der Waals surface area contributed by atoms with Crippen LogP contribution in [0.1, 0.15) is 19.3 Å². The number of carbonyl (C=O) groups excluding carboxylic acids is 1. The maximum Gasteiger partial charge on any atom is 0.221 e. The lowest BCUT2D eigenvalue weighted by molar-refractivity contribution is -0.123. The Kier molecular flexibility index (Phi) is 4.76.